The van der Waals surface area contributed by atoms with E-state index in [4.69, 9.17) is 0 Å². The number of nitrogens with zero attached hydrogens (tertiary/aromatic N) is 2. The lowest BCUT2D eigenvalue weighted by atomic mass is 10.00. The second-order valence-corrected chi connectivity index (χ2v) is 4.04. The van der Waals surface area contributed by atoms with Crippen LogP contribution in [0.2, 0.25) is 0 Å². The van der Waals surface area contributed by atoms with Gasteiger partial charge in [-0.3, -0.25) is 9.64 Å². The molecule has 0 N–H and O–H groups in total. The third kappa shape index (κ3) is 1.32. The molecule has 3 nitrogen and oxygen atoms in total. The van der Waals surface area contributed by atoms with Crippen LogP contribution in [0.1, 0.15) is 19.3 Å². The van der Waals surface area contributed by atoms with Crippen molar-refractivity contribution in [1.29, 1.82) is 0 Å². The largest absolute Gasteiger partial charge is 0.617 e. The molecule has 0 saturated carbocycles. The summed E-state index contributed by atoms with van der Waals surface area (Å²) < 4.78 is -0.476. The van der Waals surface area contributed by atoms with Crippen molar-refractivity contribution in [3.8, 4) is 0 Å². The highest BCUT2D eigenvalue weighted by Crippen LogP contribution is 2.33. The SMILES string of the molecule is [O-][N+]12C=CC=C1C=NC1=CCCCC1=C2. The Morgan fingerprint density at radius 3 is 3.27 bits per heavy atom. The summed E-state index contributed by atoms with van der Waals surface area (Å²) in [6.45, 7) is 0. The first-order valence-electron chi connectivity index (χ1n) is 5.24. The summed E-state index contributed by atoms with van der Waals surface area (Å²) in [5.41, 5.74) is 2.76. The number of fused-ring (bicyclic) bond motifs is 2. The second kappa shape index (κ2) is 3.02. The average Bonchev–Trinajstić information content (AvgIpc) is 2.52. The first kappa shape index (κ1) is 8.83. The van der Waals surface area contributed by atoms with Crippen LogP contribution in [-0.4, -0.2) is 10.9 Å². The van der Waals surface area contributed by atoms with Gasteiger partial charge in [0.1, 0.15) is 12.4 Å². The molecule has 0 bridgehead atoms. The maximum atomic E-state index is 12.3. The van der Waals surface area contributed by atoms with Crippen molar-refractivity contribution in [1.82, 2.24) is 0 Å². The number of hydrogen-bond acceptors (Lipinski definition) is 2. The topological polar surface area (TPSA) is 35.4 Å². The Hall–Kier alpha value is -1.45. The zero-order valence-electron chi connectivity index (χ0n) is 8.39. The van der Waals surface area contributed by atoms with Crippen molar-refractivity contribution in [2.75, 3.05) is 0 Å². The smallest absolute Gasteiger partial charge is 0.160 e. The van der Waals surface area contributed by atoms with E-state index in [1.54, 1.807) is 24.7 Å². The third-order valence-electron chi connectivity index (χ3n) is 2.98. The van der Waals surface area contributed by atoms with E-state index in [1.165, 1.54) is 0 Å². The lowest BCUT2D eigenvalue weighted by Gasteiger charge is -2.32. The minimum absolute atomic E-state index is 0.476. The lowest BCUT2D eigenvalue weighted by molar-refractivity contribution is -0.721. The van der Waals surface area contributed by atoms with Crippen LogP contribution < -0.4 is 0 Å². The Morgan fingerprint density at radius 2 is 2.33 bits per heavy atom. The van der Waals surface area contributed by atoms with E-state index < -0.39 is 4.65 Å². The Balaban J connectivity index is 2.15. The molecule has 3 rings (SSSR count). The van der Waals surface area contributed by atoms with Gasteiger partial charge in [-0.05, 0) is 25.3 Å². The van der Waals surface area contributed by atoms with Crippen LogP contribution in [0.15, 0.2) is 52.6 Å². The van der Waals surface area contributed by atoms with Crippen molar-refractivity contribution >= 4 is 6.21 Å². The molecule has 0 aromatic carbocycles. The predicted molar refractivity (Wildman–Crippen MR) is 59.4 cm³/mol. The van der Waals surface area contributed by atoms with Crippen LogP contribution in [0.5, 0.6) is 0 Å². The first-order chi connectivity index (χ1) is 7.28. The highest BCUT2D eigenvalue weighted by molar-refractivity contribution is 5.79. The van der Waals surface area contributed by atoms with Crippen LogP contribution in [0.4, 0.5) is 0 Å². The zero-order valence-corrected chi connectivity index (χ0v) is 8.39. The van der Waals surface area contributed by atoms with Gasteiger partial charge in [-0.2, -0.15) is 0 Å². The van der Waals surface area contributed by atoms with E-state index in [1.807, 2.05) is 6.08 Å². The van der Waals surface area contributed by atoms with Gasteiger partial charge in [0, 0.05) is 11.6 Å². The van der Waals surface area contributed by atoms with Crippen molar-refractivity contribution in [3.63, 3.8) is 0 Å². The van der Waals surface area contributed by atoms with Gasteiger partial charge in [0.05, 0.1) is 11.9 Å². The molecule has 1 aliphatic carbocycles. The fourth-order valence-corrected chi connectivity index (χ4v) is 2.15. The van der Waals surface area contributed by atoms with Gasteiger partial charge in [-0.1, -0.05) is 6.08 Å². The molecule has 1 unspecified atom stereocenters. The van der Waals surface area contributed by atoms with Gasteiger partial charge in [0.25, 0.3) is 0 Å². The van der Waals surface area contributed by atoms with Crippen molar-refractivity contribution in [2.45, 2.75) is 19.3 Å². The van der Waals surface area contributed by atoms with Crippen LogP contribution in [0, 0.1) is 5.21 Å². The molecule has 0 aromatic heterocycles. The standard InChI is InChI=1S/C12H12N2O/c15-14-7-3-5-11(14)8-13-12-6-2-1-4-10(12)9-14/h3,5-9H,1-2,4H2. The molecule has 0 radical (unpaired) electrons. The monoisotopic (exact) mass is 200 g/mol. The maximum absolute atomic E-state index is 12.3. The van der Waals surface area contributed by atoms with E-state index in [0.717, 1.165) is 30.5 Å². The van der Waals surface area contributed by atoms with Gasteiger partial charge in [-0.15, -0.1) is 0 Å². The lowest BCUT2D eigenvalue weighted by Crippen LogP contribution is -2.27. The molecule has 2 heterocycles. The van der Waals surface area contributed by atoms with Gasteiger partial charge >= 0.3 is 0 Å². The predicted octanol–water partition coefficient (Wildman–Crippen LogP) is 2.75. The van der Waals surface area contributed by atoms with E-state index in [-0.39, 0.29) is 0 Å². The molecule has 3 heteroatoms. The van der Waals surface area contributed by atoms with Crippen molar-refractivity contribution < 1.29 is 4.65 Å². The Morgan fingerprint density at radius 1 is 1.40 bits per heavy atom. The molecule has 76 valence electrons. The summed E-state index contributed by atoms with van der Waals surface area (Å²) in [7, 11) is 0. The molecule has 0 amide bonds. The van der Waals surface area contributed by atoms with E-state index in [0.29, 0.717) is 5.70 Å². The molecule has 2 aliphatic heterocycles. The Bertz CT molecular complexity index is 454. The van der Waals surface area contributed by atoms with Gasteiger partial charge < -0.3 is 5.21 Å². The molecule has 3 aliphatic rings. The van der Waals surface area contributed by atoms with Crippen LogP contribution in [-0.2, 0) is 0 Å². The Labute approximate surface area is 88.6 Å². The first-order valence-corrected chi connectivity index (χ1v) is 5.24. The molecular formula is C12H12N2O. The Kier molecular flexibility index (Phi) is 1.78. The van der Waals surface area contributed by atoms with Gasteiger partial charge in [0.15, 0.2) is 5.70 Å². The van der Waals surface area contributed by atoms with E-state index in [2.05, 4.69) is 11.1 Å². The van der Waals surface area contributed by atoms with Gasteiger partial charge in [-0.25, -0.2) is 0 Å². The molecule has 0 spiro atoms. The second-order valence-electron chi connectivity index (χ2n) is 4.04. The quantitative estimate of drug-likeness (QED) is 0.437. The molecule has 15 heavy (non-hydrogen) atoms. The molecule has 0 aromatic rings. The maximum Gasteiger partial charge on any atom is 0.160 e. The van der Waals surface area contributed by atoms with Crippen LogP contribution in [0.3, 0.4) is 0 Å². The summed E-state index contributed by atoms with van der Waals surface area (Å²) in [6.07, 6.45) is 14.0. The third-order valence-corrected chi connectivity index (χ3v) is 2.98. The summed E-state index contributed by atoms with van der Waals surface area (Å²) >= 11 is 0. The van der Waals surface area contributed by atoms with Gasteiger partial charge in [0.2, 0.25) is 0 Å². The number of hydroxylamine groups is 3. The molecule has 0 fully saturated rings. The minimum Gasteiger partial charge on any atom is -0.617 e. The van der Waals surface area contributed by atoms with Crippen LogP contribution >= 0.6 is 0 Å². The summed E-state index contributed by atoms with van der Waals surface area (Å²) in [5.74, 6) is 0. The number of quaternary nitrogens is 1. The number of allylic oxidation sites excluding steroid dienone is 5. The average molecular weight is 200 g/mol. The summed E-state index contributed by atoms with van der Waals surface area (Å²) in [4.78, 5) is 4.38. The minimum atomic E-state index is -0.476. The van der Waals surface area contributed by atoms with E-state index in [9.17, 15) is 5.21 Å². The molecular weight excluding hydrogens is 188 g/mol. The molecule has 0 saturated heterocycles. The zero-order chi connectivity index (χ0) is 10.3. The molecule has 1 atom stereocenters. The number of hydrogen-bond donors (Lipinski definition) is 0. The fourth-order valence-electron chi connectivity index (χ4n) is 2.15. The normalized spacial score (nSPS) is 32.5. The van der Waals surface area contributed by atoms with E-state index >= 15 is 0 Å². The number of aliphatic imine (C=N–C) groups is 1. The fraction of sp³-hybridized carbons (Fsp3) is 0.250. The summed E-state index contributed by atoms with van der Waals surface area (Å²) in [6, 6.07) is 0. The summed E-state index contributed by atoms with van der Waals surface area (Å²) in [5, 5.41) is 12.3. The van der Waals surface area contributed by atoms with Crippen molar-refractivity contribution in [2.24, 2.45) is 4.99 Å². The highest BCUT2D eigenvalue weighted by atomic mass is 16.5. The highest BCUT2D eigenvalue weighted by Gasteiger charge is 2.26. The van der Waals surface area contributed by atoms with Crippen molar-refractivity contribution in [3.05, 3.63) is 52.8 Å². The number of rotatable bonds is 0. The van der Waals surface area contributed by atoms with Crippen LogP contribution in [0.25, 0.3) is 0 Å².